The topological polar surface area (TPSA) is 35.4 Å². The molecule has 0 atom stereocenters. The second-order valence-electron chi connectivity index (χ2n) is 7.04. The predicted molar refractivity (Wildman–Crippen MR) is 112 cm³/mol. The first-order valence-electron chi connectivity index (χ1n) is 9.80. The number of piperazine rings is 1. The molecule has 5 nitrogen and oxygen atoms in total. The number of nitrogens with zero attached hydrogens (tertiary/aromatic N) is 1. The van der Waals surface area contributed by atoms with Crippen LogP contribution in [-0.4, -0.2) is 59.0 Å². The van der Waals surface area contributed by atoms with Crippen molar-refractivity contribution in [3.8, 4) is 17.2 Å². The van der Waals surface area contributed by atoms with E-state index in [0.29, 0.717) is 11.5 Å². The van der Waals surface area contributed by atoms with Gasteiger partial charge in [-0.25, -0.2) is 0 Å². The lowest BCUT2D eigenvalue weighted by atomic mass is 10.1. The van der Waals surface area contributed by atoms with Gasteiger partial charge in [-0.15, -0.1) is 0 Å². The van der Waals surface area contributed by atoms with Gasteiger partial charge < -0.3 is 31.5 Å². The van der Waals surface area contributed by atoms with Crippen LogP contribution in [0.5, 0.6) is 17.2 Å². The minimum Gasteiger partial charge on any atom is -1.00 e. The minimum absolute atomic E-state index is 0. The molecule has 0 unspecified atom stereocenters. The van der Waals surface area contributed by atoms with Crippen LogP contribution < -0.4 is 31.5 Å². The maximum absolute atomic E-state index is 5.62. The Morgan fingerprint density at radius 1 is 0.897 bits per heavy atom. The van der Waals surface area contributed by atoms with Gasteiger partial charge >= 0.3 is 0 Å². The van der Waals surface area contributed by atoms with Crippen LogP contribution in [-0.2, 0) is 6.54 Å². The number of benzene rings is 2. The number of ether oxygens (including phenoxy) is 3. The van der Waals surface area contributed by atoms with E-state index in [0.717, 1.165) is 50.6 Å². The number of hydrogen-bond acceptors (Lipinski definition) is 4. The van der Waals surface area contributed by atoms with Crippen LogP contribution in [0.4, 0.5) is 0 Å². The first kappa shape index (κ1) is 23.1. The number of halogens is 1. The van der Waals surface area contributed by atoms with E-state index in [1.165, 1.54) is 5.56 Å². The molecule has 0 aromatic heterocycles. The van der Waals surface area contributed by atoms with Crippen molar-refractivity contribution >= 4 is 6.08 Å². The summed E-state index contributed by atoms with van der Waals surface area (Å²) in [6, 6.07) is 14.5. The number of methoxy groups -OCH3 is 3. The first-order chi connectivity index (χ1) is 13.7. The first-order valence-corrected chi connectivity index (χ1v) is 9.80. The van der Waals surface area contributed by atoms with Crippen LogP contribution in [0, 0.1) is 0 Å². The average Bonchev–Trinajstić information content (AvgIpc) is 2.75. The van der Waals surface area contributed by atoms with Crippen LogP contribution in [0.15, 0.2) is 48.5 Å². The highest BCUT2D eigenvalue weighted by Crippen LogP contribution is 2.40. The molecule has 0 saturated carbocycles. The molecule has 1 aliphatic rings. The molecule has 2 aromatic rings. The number of hydrogen-bond donors (Lipinski definition) is 1. The molecule has 1 aliphatic heterocycles. The van der Waals surface area contributed by atoms with Gasteiger partial charge in [-0.05, 0) is 17.7 Å². The van der Waals surface area contributed by atoms with Gasteiger partial charge in [-0.3, -0.25) is 4.90 Å². The summed E-state index contributed by atoms with van der Waals surface area (Å²) in [4.78, 5) is 4.11. The molecule has 6 heteroatoms. The number of nitrogens with one attached hydrogen (secondary N) is 1. The summed E-state index contributed by atoms with van der Waals surface area (Å²) in [7, 11) is 4.97. The Morgan fingerprint density at radius 2 is 1.59 bits per heavy atom. The lowest BCUT2D eigenvalue weighted by Gasteiger charge is -2.32. The third-order valence-electron chi connectivity index (χ3n) is 5.26. The number of rotatable bonds is 8. The van der Waals surface area contributed by atoms with Crippen molar-refractivity contribution in [1.82, 2.24) is 4.90 Å². The fraction of sp³-hybridized carbons (Fsp3) is 0.391. The van der Waals surface area contributed by atoms with Crippen LogP contribution in [0.3, 0.4) is 0 Å². The third-order valence-corrected chi connectivity index (χ3v) is 5.26. The molecule has 1 fully saturated rings. The summed E-state index contributed by atoms with van der Waals surface area (Å²) < 4.78 is 16.5. The summed E-state index contributed by atoms with van der Waals surface area (Å²) in [6.45, 7) is 6.38. The Labute approximate surface area is 180 Å². The largest absolute Gasteiger partial charge is 1.00 e. The summed E-state index contributed by atoms with van der Waals surface area (Å²) in [5.74, 6) is 2.13. The lowest BCUT2D eigenvalue weighted by molar-refractivity contribution is -0.898. The van der Waals surface area contributed by atoms with Crippen LogP contribution in [0.1, 0.15) is 11.1 Å². The standard InChI is InChI=1S/C23H30N2O3.ClH/c1-26-21-12-11-20(22(27-2)23(21)28-3)18-25-16-14-24(15-17-25)13-7-10-19-8-5-4-6-9-19;/h4-12H,13-18H2,1-3H3;1H. The van der Waals surface area contributed by atoms with Crippen molar-refractivity contribution in [2.45, 2.75) is 6.54 Å². The van der Waals surface area contributed by atoms with Crippen LogP contribution >= 0.6 is 0 Å². The Bertz CT molecular complexity index is 775. The SMILES string of the molecule is COc1ccc(CN2CC[NH+](CC=Cc3ccccc3)CC2)c(OC)c1OC.[Cl-]. The van der Waals surface area contributed by atoms with Gasteiger partial charge in [0, 0.05) is 25.2 Å². The Balaban J connectivity index is 0.00000300. The summed E-state index contributed by atoms with van der Waals surface area (Å²) in [5, 5.41) is 0. The van der Waals surface area contributed by atoms with Crippen molar-refractivity contribution in [3.05, 3.63) is 59.7 Å². The molecule has 0 radical (unpaired) electrons. The molecule has 158 valence electrons. The average molecular weight is 419 g/mol. The smallest absolute Gasteiger partial charge is 0.203 e. The van der Waals surface area contributed by atoms with Gasteiger partial charge in [-0.1, -0.05) is 42.5 Å². The normalized spacial score (nSPS) is 15.1. The highest BCUT2D eigenvalue weighted by molar-refractivity contribution is 5.55. The Kier molecular flexibility index (Phi) is 9.32. The highest BCUT2D eigenvalue weighted by Gasteiger charge is 2.22. The maximum Gasteiger partial charge on any atom is 0.203 e. The highest BCUT2D eigenvalue weighted by atomic mass is 35.5. The van der Waals surface area contributed by atoms with Gasteiger partial charge in [-0.2, -0.15) is 0 Å². The van der Waals surface area contributed by atoms with E-state index in [1.54, 1.807) is 26.2 Å². The molecule has 3 rings (SSSR count). The van der Waals surface area contributed by atoms with Crippen LogP contribution in [0.2, 0.25) is 0 Å². The predicted octanol–water partition coefficient (Wildman–Crippen LogP) is -0.870. The molecule has 0 bridgehead atoms. The second kappa shape index (κ2) is 11.7. The van der Waals surface area contributed by atoms with E-state index in [9.17, 15) is 0 Å². The summed E-state index contributed by atoms with van der Waals surface area (Å²) >= 11 is 0. The van der Waals surface area contributed by atoms with Gasteiger partial charge in [0.25, 0.3) is 0 Å². The molecular weight excluding hydrogens is 388 g/mol. The molecule has 2 aromatic carbocycles. The van der Waals surface area contributed by atoms with E-state index >= 15 is 0 Å². The fourth-order valence-corrected chi connectivity index (χ4v) is 3.69. The molecule has 1 saturated heterocycles. The summed E-state index contributed by atoms with van der Waals surface area (Å²) in [6.07, 6.45) is 4.51. The zero-order valence-electron chi connectivity index (χ0n) is 17.5. The Hall–Kier alpha value is -2.21. The quantitative estimate of drug-likeness (QED) is 0.604. The second-order valence-corrected chi connectivity index (χ2v) is 7.04. The molecule has 1 heterocycles. The molecule has 0 aliphatic carbocycles. The molecular formula is C23H31ClN2O3. The van der Waals surface area contributed by atoms with E-state index in [-0.39, 0.29) is 12.4 Å². The molecule has 0 spiro atoms. The van der Waals surface area contributed by atoms with E-state index in [1.807, 2.05) is 6.07 Å². The van der Waals surface area contributed by atoms with Crippen molar-refractivity contribution < 1.29 is 31.5 Å². The van der Waals surface area contributed by atoms with Crippen molar-refractivity contribution in [3.63, 3.8) is 0 Å². The number of quaternary nitrogens is 1. The van der Waals surface area contributed by atoms with Gasteiger partial charge in [0.05, 0.1) is 41.0 Å². The van der Waals surface area contributed by atoms with Gasteiger partial charge in [0.15, 0.2) is 11.5 Å². The monoisotopic (exact) mass is 418 g/mol. The fourth-order valence-electron chi connectivity index (χ4n) is 3.69. The van der Waals surface area contributed by atoms with Crippen molar-refractivity contribution in [2.24, 2.45) is 0 Å². The van der Waals surface area contributed by atoms with Crippen LogP contribution in [0.25, 0.3) is 6.08 Å². The van der Waals surface area contributed by atoms with Gasteiger partial charge in [0.1, 0.15) is 0 Å². The van der Waals surface area contributed by atoms with Gasteiger partial charge in [0.2, 0.25) is 5.75 Å². The van der Waals surface area contributed by atoms with E-state index in [4.69, 9.17) is 14.2 Å². The zero-order chi connectivity index (χ0) is 19.8. The van der Waals surface area contributed by atoms with E-state index in [2.05, 4.69) is 53.5 Å². The lowest BCUT2D eigenvalue weighted by Crippen LogP contribution is -3.14. The van der Waals surface area contributed by atoms with Crippen molar-refractivity contribution in [2.75, 3.05) is 54.1 Å². The van der Waals surface area contributed by atoms with E-state index < -0.39 is 0 Å². The zero-order valence-corrected chi connectivity index (χ0v) is 18.2. The maximum atomic E-state index is 5.62. The molecule has 1 N–H and O–H groups in total. The Morgan fingerprint density at radius 3 is 2.21 bits per heavy atom. The molecule has 29 heavy (non-hydrogen) atoms. The third kappa shape index (κ3) is 6.13. The summed E-state index contributed by atoms with van der Waals surface area (Å²) in [5.41, 5.74) is 2.40. The molecule has 0 amide bonds. The minimum atomic E-state index is 0. The van der Waals surface area contributed by atoms with Crippen molar-refractivity contribution in [1.29, 1.82) is 0 Å².